The number of hydrogen-bond donors (Lipinski definition) is 2. The Morgan fingerprint density at radius 3 is 2.16 bits per heavy atom. The van der Waals surface area contributed by atoms with Crippen molar-refractivity contribution in [3.63, 3.8) is 0 Å². The summed E-state index contributed by atoms with van der Waals surface area (Å²) in [6.45, 7) is 6.16. The third-order valence-electron chi connectivity index (χ3n) is 5.33. The first-order chi connectivity index (χ1) is 15.5. The molecule has 3 aromatic carbocycles. The van der Waals surface area contributed by atoms with Gasteiger partial charge < -0.3 is 10.3 Å². The highest BCUT2D eigenvalue weighted by Crippen LogP contribution is 2.33. The summed E-state index contributed by atoms with van der Waals surface area (Å²) in [7, 11) is 0. The predicted octanol–water partition coefficient (Wildman–Crippen LogP) is 6.79. The Balaban J connectivity index is 1.49. The Bertz CT molecular complexity index is 1150. The quantitative estimate of drug-likeness (QED) is 0.310. The average Bonchev–Trinajstić information content (AvgIpc) is 3.20. The van der Waals surface area contributed by atoms with Crippen LogP contribution in [0.1, 0.15) is 23.1 Å². The van der Waals surface area contributed by atoms with Crippen molar-refractivity contribution in [1.82, 2.24) is 9.97 Å². The van der Waals surface area contributed by atoms with Gasteiger partial charge >= 0.3 is 0 Å². The summed E-state index contributed by atoms with van der Waals surface area (Å²) in [5.74, 6) is 0.655. The fraction of sp³-hybridized carbons (Fsp3) is 0.185. The lowest BCUT2D eigenvalue weighted by Gasteiger charge is -2.07. The maximum Gasteiger partial charge on any atom is 0.225 e. The number of hydrogen-bond acceptors (Lipinski definition) is 3. The van der Waals surface area contributed by atoms with Crippen molar-refractivity contribution in [2.45, 2.75) is 32.3 Å². The van der Waals surface area contributed by atoms with Crippen LogP contribution in [0.15, 0.2) is 78.0 Å². The molecule has 162 valence electrons. The minimum Gasteiger partial charge on any atom is -0.332 e. The first-order valence-electron chi connectivity index (χ1n) is 10.7. The summed E-state index contributed by atoms with van der Waals surface area (Å²) < 4.78 is 0. The van der Waals surface area contributed by atoms with Crippen LogP contribution in [-0.2, 0) is 4.79 Å². The van der Waals surface area contributed by atoms with Gasteiger partial charge in [-0.15, -0.1) is 0 Å². The van der Waals surface area contributed by atoms with E-state index in [1.54, 1.807) is 11.8 Å². The van der Waals surface area contributed by atoms with Gasteiger partial charge in [-0.05, 0) is 32.4 Å². The molecule has 0 atom stereocenters. The van der Waals surface area contributed by atoms with Crippen LogP contribution in [-0.4, -0.2) is 21.6 Å². The minimum atomic E-state index is 0.0101. The molecule has 5 heteroatoms. The SMILES string of the molecule is Cc1ccc(-c2nc(SCCC(=O)Nc3ccccc3C)[nH]c2-c2ccc(C)cc2)cc1. The highest BCUT2D eigenvalue weighted by molar-refractivity contribution is 7.99. The zero-order chi connectivity index (χ0) is 22.5. The molecule has 0 saturated carbocycles. The number of amides is 1. The molecular weight excluding hydrogens is 414 g/mol. The topological polar surface area (TPSA) is 57.8 Å². The third-order valence-corrected chi connectivity index (χ3v) is 6.21. The molecule has 4 nitrogen and oxygen atoms in total. The van der Waals surface area contributed by atoms with Crippen LogP contribution in [0.3, 0.4) is 0 Å². The Morgan fingerprint density at radius 2 is 1.50 bits per heavy atom. The van der Waals surface area contributed by atoms with E-state index in [-0.39, 0.29) is 5.91 Å². The Hall–Kier alpha value is -3.31. The first-order valence-corrected chi connectivity index (χ1v) is 11.7. The van der Waals surface area contributed by atoms with Crippen molar-refractivity contribution < 1.29 is 4.79 Å². The lowest BCUT2D eigenvalue weighted by atomic mass is 10.0. The van der Waals surface area contributed by atoms with Crippen LogP contribution in [0.2, 0.25) is 0 Å². The number of aromatic nitrogens is 2. The number of carbonyl (C=O) groups is 1. The molecule has 0 saturated heterocycles. The van der Waals surface area contributed by atoms with Gasteiger partial charge in [-0.3, -0.25) is 4.79 Å². The minimum absolute atomic E-state index is 0.0101. The molecule has 0 radical (unpaired) electrons. The standard InChI is InChI=1S/C27H27N3OS/c1-18-8-12-21(13-9-18)25-26(22-14-10-19(2)11-15-22)30-27(29-25)32-17-16-24(31)28-23-7-5-4-6-20(23)3/h4-15H,16-17H2,1-3H3,(H,28,31)(H,29,30). The number of thioether (sulfide) groups is 1. The van der Waals surface area contributed by atoms with Crippen molar-refractivity contribution in [2.24, 2.45) is 0 Å². The van der Waals surface area contributed by atoms with Gasteiger partial charge in [-0.1, -0.05) is 89.6 Å². The van der Waals surface area contributed by atoms with Crippen molar-refractivity contribution in [3.05, 3.63) is 89.5 Å². The number of nitrogens with one attached hydrogen (secondary N) is 2. The van der Waals surface area contributed by atoms with Gasteiger partial charge in [0, 0.05) is 29.0 Å². The molecule has 0 unspecified atom stereocenters. The molecule has 1 heterocycles. The summed E-state index contributed by atoms with van der Waals surface area (Å²) in [5, 5.41) is 3.81. The van der Waals surface area contributed by atoms with Crippen molar-refractivity contribution in [3.8, 4) is 22.5 Å². The highest BCUT2D eigenvalue weighted by atomic mass is 32.2. The normalized spacial score (nSPS) is 10.8. The van der Waals surface area contributed by atoms with Crippen LogP contribution in [0.5, 0.6) is 0 Å². The number of rotatable bonds is 7. The predicted molar refractivity (Wildman–Crippen MR) is 134 cm³/mol. The number of para-hydroxylation sites is 1. The molecule has 1 aromatic heterocycles. The Kier molecular flexibility index (Phi) is 6.76. The number of H-pyrrole nitrogens is 1. The van der Waals surface area contributed by atoms with E-state index < -0.39 is 0 Å². The molecule has 2 N–H and O–H groups in total. The van der Waals surface area contributed by atoms with E-state index in [9.17, 15) is 4.79 Å². The monoisotopic (exact) mass is 441 g/mol. The summed E-state index contributed by atoms with van der Waals surface area (Å²) in [5.41, 5.74) is 8.47. The molecule has 0 bridgehead atoms. The second-order valence-electron chi connectivity index (χ2n) is 7.96. The first kappa shape index (κ1) is 21.9. The molecule has 32 heavy (non-hydrogen) atoms. The number of anilines is 1. The number of aromatic amines is 1. The van der Waals surface area contributed by atoms with Crippen LogP contribution in [0.4, 0.5) is 5.69 Å². The number of imidazole rings is 1. The smallest absolute Gasteiger partial charge is 0.225 e. The molecule has 0 aliphatic rings. The van der Waals surface area contributed by atoms with E-state index in [4.69, 9.17) is 4.98 Å². The Morgan fingerprint density at radius 1 is 0.875 bits per heavy atom. The molecule has 4 aromatic rings. The largest absolute Gasteiger partial charge is 0.332 e. The average molecular weight is 442 g/mol. The fourth-order valence-corrected chi connectivity index (χ4v) is 4.25. The maximum absolute atomic E-state index is 12.4. The summed E-state index contributed by atoms with van der Waals surface area (Å²) >= 11 is 1.57. The number of benzene rings is 3. The van der Waals surface area contributed by atoms with Crippen LogP contribution < -0.4 is 5.32 Å². The van der Waals surface area contributed by atoms with Crippen molar-refractivity contribution >= 4 is 23.4 Å². The van der Waals surface area contributed by atoms with E-state index in [1.165, 1.54) is 11.1 Å². The van der Waals surface area contributed by atoms with Gasteiger partial charge in [-0.2, -0.15) is 0 Å². The Labute approximate surface area is 193 Å². The van der Waals surface area contributed by atoms with Crippen molar-refractivity contribution in [1.29, 1.82) is 0 Å². The van der Waals surface area contributed by atoms with Gasteiger partial charge in [0.05, 0.1) is 11.4 Å². The van der Waals surface area contributed by atoms with Crippen molar-refractivity contribution in [2.75, 3.05) is 11.1 Å². The third kappa shape index (κ3) is 5.29. The van der Waals surface area contributed by atoms with E-state index >= 15 is 0 Å². The molecular formula is C27H27N3OS. The van der Waals surface area contributed by atoms with Gasteiger partial charge in [0.15, 0.2) is 5.16 Å². The second kappa shape index (κ2) is 9.88. The summed E-state index contributed by atoms with van der Waals surface area (Å²) in [4.78, 5) is 20.7. The molecule has 0 aliphatic heterocycles. The molecule has 0 fully saturated rings. The molecule has 1 amide bonds. The zero-order valence-electron chi connectivity index (χ0n) is 18.6. The number of aryl methyl sites for hydroxylation is 3. The second-order valence-corrected chi connectivity index (χ2v) is 9.04. The number of carbonyl (C=O) groups excluding carboxylic acids is 1. The van der Waals surface area contributed by atoms with Gasteiger partial charge in [0.2, 0.25) is 5.91 Å². The summed E-state index contributed by atoms with van der Waals surface area (Å²) in [6.07, 6.45) is 0.416. The van der Waals surface area contributed by atoms with E-state index in [1.807, 2.05) is 31.2 Å². The lowest BCUT2D eigenvalue weighted by Crippen LogP contribution is -2.12. The maximum atomic E-state index is 12.4. The van der Waals surface area contributed by atoms with Crippen LogP contribution in [0.25, 0.3) is 22.5 Å². The van der Waals surface area contributed by atoms with E-state index in [0.717, 1.165) is 38.9 Å². The number of nitrogens with zero attached hydrogens (tertiary/aromatic N) is 1. The van der Waals surface area contributed by atoms with Gasteiger partial charge in [0.25, 0.3) is 0 Å². The zero-order valence-corrected chi connectivity index (χ0v) is 19.4. The van der Waals surface area contributed by atoms with Crippen LogP contribution in [0, 0.1) is 20.8 Å². The van der Waals surface area contributed by atoms with Gasteiger partial charge in [-0.25, -0.2) is 4.98 Å². The lowest BCUT2D eigenvalue weighted by molar-refractivity contribution is -0.115. The molecule has 4 rings (SSSR count). The molecule has 0 spiro atoms. The molecule has 0 aliphatic carbocycles. The van der Waals surface area contributed by atoms with E-state index in [0.29, 0.717) is 12.2 Å². The van der Waals surface area contributed by atoms with E-state index in [2.05, 4.69) is 72.7 Å². The van der Waals surface area contributed by atoms with Crippen LogP contribution >= 0.6 is 11.8 Å². The summed E-state index contributed by atoms with van der Waals surface area (Å²) in [6, 6.07) is 24.7. The highest BCUT2D eigenvalue weighted by Gasteiger charge is 2.15. The fourth-order valence-electron chi connectivity index (χ4n) is 3.44. The van der Waals surface area contributed by atoms with Gasteiger partial charge in [0.1, 0.15) is 0 Å².